The number of hydrogen-bond acceptors (Lipinski definition) is 8. The first kappa shape index (κ1) is 24.2. The first-order valence-corrected chi connectivity index (χ1v) is 11.7. The van der Waals surface area contributed by atoms with Gasteiger partial charge in [-0.15, -0.1) is 0 Å². The normalized spacial score (nSPS) is 14.5. The molecule has 9 heteroatoms. The third-order valence-corrected chi connectivity index (χ3v) is 6.00. The molecule has 0 radical (unpaired) electrons. The van der Waals surface area contributed by atoms with E-state index in [0.29, 0.717) is 35.2 Å². The molecule has 2 amide bonds. The number of thioether (sulfide) groups is 1. The van der Waals surface area contributed by atoms with Gasteiger partial charge >= 0.3 is 5.97 Å². The minimum atomic E-state index is -0.402. The average molecular weight is 494 g/mol. The Morgan fingerprint density at radius 3 is 2.49 bits per heavy atom. The van der Waals surface area contributed by atoms with E-state index in [0.717, 1.165) is 22.2 Å². The standard InChI is InChI=1S/C26H23NO7S/c1-3-32-25(29)18-10-8-17(9-11-18)20-13-12-19(34-20)16-23-24(28)27(26(30)35-23)14-15-33-22-7-5-4-6-21(22)31-2/h4-13,16H,3,14-15H2,1-2H3/b23-16-. The summed E-state index contributed by atoms with van der Waals surface area (Å²) in [6.45, 7) is 2.30. The van der Waals surface area contributed by atoms with Gasteiger partial charge in [0.05, 0.1) is 30.7 Å². The molecule has 35 heavy (non-hydrogen) atoms. The van der Waals surface area contributed by atoms with Crippen molar-refractivity contribution < 1.29 is 33.0 Å². The lowest BCUT2D eigenvalue weighted by atomic mass is 10.1. The van der Waals surface area contributed by atoms with Crippen molar-refractivity contribution in [2.45, 2.75) is 6.92 Å². The summed E-state index contributed by atoms with van der Waals surface area (Å²) in [5.74, 6) is 1.33. The van der Waals surface area contributed by atoms with Gasteiger partial charge in [-0.3, -0.25) is 14.5 Å². The van der Waals surface area contributed by atoms with Crippen LogP contribution in [0.1, 0.15) is 23.0 Å². The van der Waals surface area contributed by atoms with E-state index in [2.05, 4.69) is 0 Å². The van der Waals surface area contributed by atoms with Crippen LogP contribution in [0, 0.1) is 0 Å². The molecule has 3 aromatic rings. The van der Waals surface area contributed by atoms with Gasteiger partial charge in [0, 0.05) is 11.6 Å². The predicted octanol–water partition coefficient (Wildman–Crippen LogP) is 5.25. The molecule has 4 rings (SSSR count). The highest BCUT2D eigenvalue weighted by molar-refractivity contribution is 8.18. The maximum atomic E-state index is 12.8. The smallest absolute Gasteiger partial charge is 0.338 e. The van der Waals surface area contributed by atoms with Crippen molar-refractivity contribution in [1.82, 2.24) is 4.90 Å². The maximum Gasteiger partial charge on any atom is 0.338 e. The SMILES string of the molecule is CCOC(=O)c1ccc(-c2ccc(/C=C3\SC(=O)N(CCOc4ccccc4OC)C3=O)o2)cc1. The van der Waals surface area contributed by atoms with E-state index in [4.69, 9.17) is 18.6 Å². The van der Waals surface area contributed by atoms with Crippen molar-refractivity contribution in [3.8, 4) is 22.8 Å². The molecule has 0 atom stereocenters. The highest BCUT2D eigenvalue weighted by Crippen LogP contribution is 2.33. The number of amides is 2. The molecule has 1 aliphatic rings. The van der Waals surface area contributed by atoms with Crippen LogP contribution < -0.4 is 9.47 Å². The Morgan fingerprint density at radius 1 is 1.03 bits per heavy atom. The number of rotatable bonds is 9. The number of methoxy groups -OCH3 is 1. The second-order valence-corrected chi connectivity index (χ2v) is 8.33. The molecule has 1 saturated heterocycles. The number of esters is 1. The Hall–Kier alpha value is -3.98. The van der Waals surface area contributed by atoms with E-state index < -0.39 is 5.91 Å². The van der Waals surface area contributed by atoms with Crippen LogP contribution in [-0.2, 0) is 9.53 Å². The molecule has 2 aromatic carbocycles. The van der Waals surface area contributed by atoms with E-state index >= 15 is 0 Å². The second kappa shape index (κ2) is 11.0. The van der Waals surface area contributed by atoms with E-state index in [1.165, 1.54) is 0 Å². The second-order valence-electron chi connectivity index (χ2n) is 7.33. The van der Waals surface area contributed by atoms with Crippen molar-refractivity contribution in [2.75, 3.05) is 26.9 Å². The van der Waals surface area contributed by atoms with Gasteiger partial charge in [0.25, 0.3) is 11.1 Å². The highest BCUT2D eigenvalue weighted by Gasteiger charge is 2.35. The maximum absolute atomic E-state index is 12.8. The van der Waals surface area contributed by atoms with Crippen LogP contribution in [-0.4, -0.2) is 48.9 Å². The van der Waals surface area contributed by atoms with Crippen molar-refractivity contribution in [2.24, 2.45) is 0 Å². The van der Waals surface area contributed by atoms with Crippen LogP contribution >= 0.6 is 11.8 Å². The van der Waals surface area contributed by atoms with Gasteiger partial charge in [-0.25, -0.2) is 4.79 Å². The monoisotopic (exact) mass is 493 g/mol. The zero-order valence-corrected chi connectivity index (χ0v) is 20.0. The van der Waals surface area contributed by atoms with E-state index in [1.807, 2.05) is 12.1 Å². The third kappa shape index (κ3) is 5.58. The zero-order valence-electron chi connectivity index (χ0n) is 19.2. The fourth-order valence-electron chi connectivity index (χ4n) is 3.38. The summed E-state index contributed by atoms with van der Waals surface area (Å²) in [5, 5.41) is -0.369. The van der Waals surface area contributed by atoms with Crippen LogP contribution in [0.3, 0.4) is 0 Å². The van der Waals surface area contributed by atoms with Crippen molar-refractivity contribution in [1.29, 1.82) is 0 Å². The van der Waals surface area contributed by atoms with E-state index in [1.54, 1.807) is 68.6 Å². The molecule has 0 spiro atoms. The molecular weight excluding hydrogens is 470 g/mol. The molecule has 2 heterocycles. The van der Waals surface area contributed by atoms with Crippen molar-refractivity contribution in [3.63, 3.8) is 0 Å². The molecule has 0 saturated carbocycles. The quantitative estimate of drug-likeness (QED) is 0.295. The van der Waals surface area contributed by atoms with Crippen LogP contribution in [0.5, 0.6) is 11.5 Å². The highest BCUT2D eigenvalue weighted by atomic mass is 32.2. The summed E-state index contributed by atoms with van der Waals surface area (Å²) in [5.41, 5.74) is 1.21. The van der Waals surface area contributed by atoms with Crippen LogP contribution in [0.4, 0.5) is 4.79 Å². The summed E-state index contributed by atoms with van der Waals surface area (Å²) in [6, 6.07) is 17.5. The molecule has 1 aromatic heterocycles. The van der Waals surface area contributed by atoms with E-state index in [-0.39, 0.29) is 29.3 Å². The van der Waals surface area contributed by atoms with Crippen LogP contribution in [0.2, 0.25) is 0 Å². The molecule has 1 fully saturated rings. The number of nitrogens with zero attached hydrogens (tertiary/aromatic N) is 1. The minimum Gasteiger partial charge on any atom is -0.493 e. The van der Waals surface area contributed by atoms with E-state index in [9.17, 15) is 14.4 Å². The third-order valence-electron chi connectivity index (χ3n) is 5.10. The lowest BCUT2D eigenvalue weighted by Gasteiger charge is -2.14. The van der Waals surface area contributed by atoms with Crippen LogP contribution in [0.25, 0.3) is 17.4 Å². The molecule has 1 aliphatic heterocycles. The van der Waals surface area contributed by atoms with Gasteiger partial charge in [0.2, 0.25) is 0 Å². The van der Waals surface area contributed by atoms with Crippen molar-refractivity contribution in [3.05, 3.63) is 76.9 Å². The lowest BCUT2D eigenvalue weighted by molar-refractivity contribution is -0.123. The van der Waals surface area contributed by atoms with Gasteiger partial charge < -0.3 is 18.6 Å². The molecule has 0 N–H and O–H groups in total. The van der Waals surface area contributed by atoms with Gasteiger partial charge in [-0.05, 0) is 55.1 Å². The Bertz CT molecular complexity index is 1260. The summed E-state index contributed by atoms with van der Waals surface area (Å²) in [7, 11) is 1.54. The zero-order chi connectivity index (χ0) is 24.8. The number of para-hydroxylation sites is 2. The molecule has 0 unspecified atom stereocenters. The first-order valence-electron chi connectivity index (χ1n) is 10.9. The summed E-state index contributed by atoms with van der Waals surface area (Å²) < 4.78 is 21.7. The number of carbonyl (C=O) groups is 3. The number of hydrogen-bond donors (Lipinski definition) is 0. The largest absolute Gasteiger partial charge is 0.493 e. The summed E-state index contributed by atoms with van der Waals surface area (Å²) in [6.07, 6.45) is 1.54. The first-order chi connectivity index (χ1) is 17.0. The number of benzene rings is 2. The summed E-state index contributed by atoms with van der Waals surface area (Å²) >= 11 is 0.852. The summed E-state index contributed by atoms with van der Waals surface area (Å²) in [4.78, 5) is 38.4. The predicted molar refractivity (Wildman–Crippen MR) is 131 cm³/mol. The Kier molecular flexibility index (Phi) is 7.57. The topological polar surface area (TPSA) is 95.3 Å². The minimum absolute atomic E-state index is 0.107. The number of furan rings is 1. The van der Waals surface area contributed by atoms with Gasteiger partial charge in [-0.2, -0.15) is 0 Å². The van der Waals surface area contributed by atoms with Crippen molar-refractivity contribution >= 4 is 35.0 Å². The number of imide groups is 1. The van der Waals surface area contributed by atoms with Crippen LogP contribution in [0.15, 0.2) is 70.0 Å². The molecule has 8 nitrogen and oxygen atoms in total. The number of carbonyl (C=O) groups excluding carboxylic acids is 3. The van der Waals surface area contributed by atoms with Gasteiger partial charge in [-0.1, -0.05) is 24.3 Å². The Balaban J connectivity index is 1.39. The fourth-order valence-corrected chi connectivity index (χ4v) is 4.22. The fraction of sp³-hybridized carbons (Fsp3) is 0.192. The average Bonchev–Trinajstić information content (AvgIpc) is 3.44. The number of ether oxygens (including phenoxy) is 3. The molecular formula is C26H23NO7S. The van der Waals surface area contributed by atoms with Gasteiger partial charge in [0.1, 0.15) is 18.1 Å². The molecule has 0 aliphatic carbocycles. The Morgan fingerprint density at radius 2 is 1.77 bits per heavy atom. The molecule has 0 bridgehead atoms. The lowest BCUT2D eigenvalue weighted by Crippen LogP contribution is -2.32. The van der Waals surface area contributed by atoms with Gasteiger partial charge in [0.15, 0.2) is 11.5 Å². The molecule has 180 valence electrons. The Labute approximate surface area is 206 Å².